The molecule has 1 N–H and O–H groups in total. The number of carbonyl (C=O) groups is 1. The van der Waals surface area contributed by atoms with E-state index in [-0.39, 0.29) is 17.5 Å². The van der Waals surface area contributed by atoms with Crippen molar-refractivity contribution in [3.05, 3.63) is 22.4 Å². The van der Waals surface area contributed by atoms with E-state index in [9.17, 15) is 4.79 Å². The highest BCUT2D eigenvalue weighted by Gasteiger charge is 2.39. The number of amides is 1. The summed E-state index contributed by atoms with van der Waals surface area (Å²) in [7, 11) is 0. The maximum Gasteiger partial charge on any atom is 0.243 e. The molecule has 100 valence electrons. The summed E-state index contributed by atoms with van der Waals surface area (Å²) >= 11 is 1.71. The van der Waals surface area contributed by atoms with Gasteiger partial charge in [-0.15, -0.1) is 11.3 Å². The average molecular weight is 266 g/mol. The van der Waals surface area contributed by atoms with Gasteiger partial charge >= 0.3 is 0 Å². The van der Waals surface area contributed by atoms with Crippen molar-refractivity contribution in [2.75, 3.05) is 6.54 Å². The fourth-order valence-electron chi connectivity index (χ4n) is 2.45. The van der Waals surface area contributed by atoms with E-state index in [0.717, 1.165) is 25.9 Å². The second-order valence-electron chi connectivity index (χ2n) is 5.47. The van der Waals surface area contributed by atoms with Crippen LogP contribution in [0.15, 0.2) is 17.5 Å². The van der Waals surface area contributed by atoms with Crippen LogP contribution in [0.2, 0.25) is 0 Å². The molecule has 1 saturated heterocycles. The van der Waals surface area contributed by atoms with Crippen molar-refractivity contribution >= 4 is 17.2 Å². The highest BCUT2D eigenvalue weighted by atomic mass is 32.1. The molecular formula is C14H22N2OS. The number of rotatable bonds is 4. The van der Waals surface area contributed by atoms with Crippen LogP contribution in [0.5, 0.6) is 0 Å². The number of hydrogen-bond acceptors (Lipinski definition) is 3. The van der Waals surface area contributed by atoms with Gasteiger partial charge in [-0.05, 0) is 51.6 Å². The van der Waals surface area contributed by atoms with Gasteiger partial charge in [0.2, 0.25) is 5.91 Å². The molecular weight excluding hydrogens is 244 g/mol. The molecule has 0 bridgehead atoms. The van der Waals surface area contributed by atoms with Crippen LogP contribution < -0.4 is 5.32 Å². The fourth-order valence-corrected chi connectivity index (χ4v) is 3.16. The highest BCUT2D eigenvalue weighted by Crippen LogP contribution is 2.24. The molecule has 1 atom stereocenters. The molecule has 1 fully saturated rings. The first-order chi connectivity index (χ1) is 8.53. The predicted molar refractivity (Wildman–Crippen MR) is 75.6 cm³/mol. The summed E-state index contributed by atoms with van der Waals surface area (Å²) in [5, 5.41) is 5.42. The fraction of sp³-hybridized carbons (Fsp3) is 0.643. The van der Waals surface area contributed by atoms with E-state index in [1.54, 1.807) is 11.3 Å². The third-order valence-corrected chi connectivity index (χ3v) is 4.49. The third-order valence-electron chi connectivity index (χ3n) is 3.63. The first-order valence-electron chi connectivity index (χ1n) is 6.61. The molecule has 1 aromatic heterocycles. The SMILES string of the molecule is CC(C)N(Cc1cccs1)C(=O)C1(C)CCCN1. The second-order valence-corrected chi connectivity index (χ2v) is 6.50. The van der Waals surface area contributed by atoms with Crippen LogP contribution in [0.4, 0.5) is 0 Å². The van der Waals surface area contributed by atoms with E-state index < -0.39 is 0 Å². The van der Waals surface area contributed by atoms with Crippen LogP contribution in [0.25, 0.3) is 0 Å². The predicted octanol–water partition coefficient (Wildman–Crippen LogP) is 2.63. The van der Waals surface area contributed by atoms with E-state index in [1.807, 2.05) is 17.9 Å². The van der Waals surface area contributed by atoms with Crippen molar-refractivity contribution in [3.8, 4) is 0 Å². The number of thiophene rings is 1. The molecule has 0 aromatic carbocycles. The molecule has 3 nitrogen and oxygen atoms in total. The monoisotopic (exact) mass is 266 g/mol. The number of carbonyl (C=O) groups excluding carboxylic acids is 1. The van der Waals surface area contributed by atoms with Crippen molar-refractivity contribution in [2.45, 2.75) is 51.7 Å². The van der Waals surface area contributed by atoms with Gasteiger partial charge in [0.15, 0.2) is 0 Å². The van der Waals surface area contributed by atoms with Crippen LogP contribution in [0.1, 0.15) is 38.5 Å². The van der Waals surface area contributed by atoms with Crippen LogP contribution in [-0.4, -0.2) is 28.9 Å². The normalized spacial score (nSPS) is 23.6. The number of hydrogen-bond donors (Lipinski definition) is 1. The minimum Gasteiger partial charge on any atom is -0.334 e. The van der Waals surface area contributed by atoms with Gasteiger partial charge in [-0.1, -0.05) is 6.07 Å². The molecule has 0 spiro atoms. The van der Waals surface area contributed by atoms with Crippen LogP contribution in [-0.2, 0) is 11.3 Å². The number of nitrogens with one attached hydrogen (secondary N) is 1. The quantitative estimate of drug-likeness (QED) is 0.908. The van der Waals surface area contributed by atoms with E-state index in [2.05, 4.69) is 30.6 Å². The molecule has 0 radical (unpaired) electrons. The second kappa shape index (κ2) is 5.41. The Bertz CT molecular complexity index is 394. The summed E-state index contributed by atoms with van der Waals surface area (Å²) in [6.45, 7) is 7.89. The summed E-state index contributed by atoms with van der Waals surface area (Å²) in [5.74, 6) is 0.239. The lowest BCUT2D eigenvalue weighted by Crippen LogP contribution is -2.54. The van der Waals surface area contributed by atoms with Gasteiger partial charge in [0.05, 0.1) is 12.1 Å². The molecule has 2 heterocycles. The zero-order valence-corrected chi connectivity index (χ0v) is 12.2. The number of nitrogens with zero attached hydrogens (tertiary/aromatic N) is 1. The Labute approximate surface area is 113 Å². The Morgan fingerprint density at radius 1 is 1.61 bits per heavy atom. The van der Waals surface area contributed by atoms with E-state index in [0.29, 0.717) is 0 Å². The molecule has 1 aromatic rings. The molecule has 18 heavy (non-hydrogen) atoms. The van der Waals surface area contributed by atoms with E-state index >= 15 is 0 Å². The average Bonchev–Trinajstić information content (AvgIpc) is 2.96. The molecule has 0 aliphatic carbocycles. The lowest BCUT2D eigenvalue weighted by atomic mass is 9.97. The van der Waals surface area contributed by atoms with Crippen molar-refractivity contribution < 1.29 is 4.79 Å². The van der Waals surface area contributed by atoms with Gasteiger partial charge < -0.3 is 10.2 Å². The Morgan fingerprint density at radius 3 is 2.89 bits per heavy atom. The standard InChI is InChI=1S/C14H22N2OS/c1-11(2)16(10-12-6-4-9-18-12)13(17)14(3)7-5-8-15-14/h4,6,9,11,15H,5,7-8,10H2,1-3H3. The smallest absolute Gasteiger partial charge is 0.243 e. The van der Waals surface area contributed by atoms with Crippen molar-refractivity contribution in [3.63, 3.8) is 0 Å². The first kappa shape index (κ1) is 13.6. The molecule has 4 heteroatoms. The summed E-state index contributed by atoms with van der Waals surface area (Å²) in [6, 6.07) is 4.37. The maximum atomic E-state index is 12.7. The van der Waals surface area contributed by atoms with E-state index in [4.69, 9.17) is 0 Å². The topological polar surface area (TPSA) is 32.3 Å². The molecule has 1 unspecified atom stereocenters. The van der Waals surface area contributed by atoms with E-state index in [1.165, 1.54) is 4.88 Å². The van der Waals surface area contributed by atoms with Gasteiger partial charge in [-0.2, -0.15) is 0 Å². The van der Waals surface area contributed by atoms with Crippen molar-refractivity contribution in [1.29, 1.82) is 0 Å². The van der Waals surface area contributed by atoms with Gasteiger partial charge in [0.1, 0.15) is 0 Å². The molecule has 2 rings (SSSR count). The van der Waals surface area contributed by atoms with Crippen molar-refractivity contribution in [1.82, 2.24) is 10.2 Å². The first-order valence-corrected chi connectivity index (χ1v) is 7.49. The van der Waals surface area contributed by atoms with Gasteiger partial charge in [-0.3, -0.25) is 4.79 Å². The summed E-state index contributed by atoms with van der Waals surface area (Å²) < 4.78 is 0. The third kappa shape index (κ3) is 2.75. The molecule has 1 aliphatic rings. The lowest BCUT2D eigenvalue weighted by molar-refractivity contribution is -0.139. The van der Waals surface area contributed by atoms with Crippen LogP contribution in [0.3, 0.4) is 0 Å². The summed E-state index contributed by atoms with van der Waals surface area (Å²) in [5.41, 5.74) is -0.360. The molecule has 0 saturated carbocycles. The summed E-state index contributed by atoms with van der Waals surface area (Å²) in [6.07, 6.45) is 2.03. The van der Waals surface area contributed by atoms with Gasteiger partial charge in [0.25, 0.3) is 0 Å². The van der Waals surface area contributed by atoms with Crippen molar-refractivity contribution in [2.24, 2.45) is 0 Å². The minimum atomic E-state index is -0.360. The Hall–Kier alpha value is -0.870. The highest BCUT2D eigenvalue weighted by molar-refractivity contribution is 7.09. The zero-order valence-electron chi connectivity index (χ0n) is 11.4. The Balaban J connectivity index is 2.12. The lowest BCUT2D eigenvalue weighted by Gasteiger charge is -2.34. The molecule has 1 aliphatic heterocycles. The zero-order chi connectivity index (χ0) is 13.2. The van der Waals surface area contributed by atoms with Crippen LogP contribution >= 0.6 is 11.3 Å². The molecule has 1 amide bonds. The van der Waals surface area contributed by atoms with Gasteiger partial charge in [0, 0.05) is 10.9 Å². The van der Waals surface area contributed by atoms with Crippen LogP contribution in [0, 0.1) is 0 Å². The Kier molecular flexibility index (Phi) is 4.07. The van der Waals surface area contributed by atoms with Gasteiger partial charge in [-0.25, -0.2) is 0 Å². The minimum absolute atomic E-state index is 0.235. The summed E-state index contributed by atoms with van der Waals surface area (Å²) in [4.78, 5) is 15.9. The maximum absolute atomic E-state index is 12.7. The Morgan fingerprint density at radius 2 is 2.39 bits per heavy atom. The largest absolute Gasteiger partial charge is 0.334 e.